The number of nitrogens with one attached hydrogen (secondary N) is 1. The lowest BCUT2D eigenvalue weighted by Gasteiger charge is -2.23. The Balaban J connectivity index is 1.58. The molecule has 0 spiro atoms. The van der Waals surface area contributed by atoms with Crippen LogP contribution in [0.5, 0.6) is 0 Å². The lowest BCUT2D eigenvalue weighted by molar-refractivity contribution is 0.0526. The number of aromatic nitrogens is 1. The van der Waals surface area contributed by atoms with Gasteiger partial charge in [0.1, 0.15) is 5.82 Å². The van der Waals surface area contributed by atoms with Crippen LogP contribution in [0.1, 0.15) is 23.7 Å². The molecule has 28 heavy (non-hydrogen) atoms. The smallest absolute Gasteiger partial charge is 0.339 e. The summed E-state index contributed by atoms with van der Waals surface area (Å²) in [6, 6.07) is 10.5. The highest BCUT2D eigenvalue weighted by Gasteiger charge is 2.20. The van der Waals surface area contributed by atoms with E-state index in [1.165, 1.54) is 6.20 Å². The SMILES string of the molecule is CCOC(=O)c1ccc(N2CCCN(C(=O)Nc3cccc(Cl)c3)CC2)nc1. The van der Waals surface area contributed by atoms with E-state index in [0.29, 0.717) is 42.5 Å². The summed E-state index contributed by atoms with van der Waals surface area (Å²) < 4.78 is 4.98. The van der Waals surface area contributed by atoms with Crippen LogP contribution < -0.4 is 10.2 Å². The zero-order chi connectivity index (χ0) is 19.9. The van der Waals surface area contributed by atoms with Gasteiger partial charge in [-0.1, -0.05) is 17.7 Å². The van der Waals surface area contributed by atoms with Crippen molar-refractivity contribution in [2.24, 2.45) is 0 Å². The molecule has 0 radical (unpaired) electrons. The fourth-order valence-corrected chi connectivity index (χ4v) is 3.22. The van der Waals surface area contributed by atoms with Crippen molar-refractivity contribution in [3.8, 4) is 0 Å². The van der Waals surface area contributed by atoms with Gasteiger partial charge in [0.15, 0.2) is 0 Å². The Morgan fingerprint density at radius 2 is 2.04 bits per heavy atom. The van der Waals surface area contributed by atoms with Crippen LogP contribution in [0, 0.1) is 0 Å². The molecule has 1 aliphatic heterocycles. The largest absolute Gasteiger partial charge is 0.462 e. The van der Waals surface area contributed by atoms with E-state index in [-0.39, 0.29) is 12.0 Å². The number of benzene rings is 1. The first kappa shape index (κ1) is 19.9. The molecule has 2 amide bonds. The minimum atomic E-state index is -0.374. The summed E-state index contributed by atoms with van der Waals surface area (Å²) in [5.74, 6) is 0.409. The summed E-state index contributed by atoms with van der Waals surface area (Å²) in [5.41, 5.74) is 1.11. The quantitative estimate of drug-likeness (QED) is 0.790. The molecule has 0 saturated carbocycles. The van der Waals surface area contributed by atoms with E-state index in [1.807, 2.05) is 12.1 Å². The van der Waals surface area contributed by atoms with Crippen molar-refractivity contribution in [3.05, 3.63) is 53.2 Å². The molecule has 0 aliphatic carbocycles. The van der Waals surface area contributed by atoms with Crippen LogP contribution in [0.15, 0.2) is 42.6 Å². The van der Waals surface area contributed by atoms with Gasteiger partial charge in [-0.25, -0.2) is 14.6 Å². The van der Waals surface area contributed by atoms with Gasteiger partial charge in [-0.05, 0) is 43.7 Å². The Kier molecular flexibility index (Phi) is 6.71. The fourth-order valence-electron chi connectivity index (χ4n) is 3.03. The Bertz CT molecular complexity index is 828. The monoisotopic (exact) mass is 402 g/mol. The molecule has 0 unspecified atom stereocenters. The second kappa shape index (κ2) is 9.41. The van der Waals surface area contributed by atoms with Crippen LogP contribution in [0.4, 0.5) is 16.3 Å². The zero-order valence-corrected chi connectivity index (χ0v) is 16.5. The predicted octanol–water partition coefficient (Wildman–Crippen LogP) is 3.66. The van der Waals surface area contributed by atoms with E-state index in [1.54, 1.807) is 36.1 Å². The summed E-state index contributed by atoms with van der Waals surface area (Å²) in [5, 5.41) is 3.46. The van der Waals surface area contributed by atoms with Crippen molar-refractivity contribution >= 4 is 35.1 Å². The van der Waals surface area contributed by atoms with Crippen molar-refractivity contribution < 1.29 is 14.3 Å². The molecule has 1 saturated heterocycles. The highest BCUT2D eigenvalue weighted by atomic mass is 35.5. The number of carbonyl (C=O) groups is 2. The molecular formula is C20H23ClN4O3. The molecule has 0 bridgehead atoms. The molecule has 0 atom stereocenters. The third-order valence-corrected chi connectivity index (χ3v) is 4.68. The summed E-state index contributed by atoms with van der Waals surface area (Å²) in [6.07, 6.45) is 2.35. The number of halogens is 1. The van der Waals surface area contributed by atoms with Crippen molar-refractivity contribution in [2.75, 3.05) is 43.0 Å². The summed E-state index contributed by atoms with van der Waals surface area (Å²) >= 11 is 5.97. The predicted molar refractivity (Wildman–Crippen MR) is 109 cm³/mol. The lowest BCUT2D eigenvalue weighted by Crippen LogP contribution is -2.38. The number of urea groups is 1. The molecule has 7 nitrogen and oxygen atoms in total. The Morgan fingerprint density at radius 3 is 2.75 bits per heavy atom. The standard InChI is InChI=1S/C20H23ClN4O3/c1-2-28-19(26)15-7-8-18(22-14-15)24-9-4-10-25(12-11-24)20(27)23-17-6-3-5-16(21)13-17/h3,5-8,13-14H,2,4,9-12H2,1H3,(H,23,27). The van der Waals surface area contributed by atoms with Gasteiger partial charge in [0.25, 0.3) is 0 Å². The van der Waals surface area contributed by atoms with Gasteiger partial charge < -0.3 is 19.9 Å². The van der Waals surface area contributed by atoms with E-state index >= 15 is 0 Å². The molecule has 8 heteroatoms. The number of carbonyl (C=O) groups excluding carboxylic acids is 2. The second-order valence-corrected chi connectivity index (χ2v) is 6.83. The second-order valence-electron chi connectivity index (χ2n) is 6.39. The van der Waals surface area contributed by atoms with Crippen molar-refractivity contribution in [2.45, 2.75) is 13.3 Å². The van der Waals surface area contributed by atoms with Crippen LogP contribution >= 0.6 is 11.6 Å². The summed E-state index contributed by atoms with van der Waals surface area (Å²) in [4.78, 5) is 32.6. The molecule has 3 rings (SSSR count). The number of anilines is 2. The van der Waals surface area contributed by atoms with Gasteiger partial charge in [0.2, 0.25) is 0 Å². The van der Waals surface area contributed by atoms with E-state index in [2.05, 4.69) is 15.2 Å². The van der Waals surface area contributed by atoms with Gasteiger partial charge in [-0.3, -0.25) is 0 Å². The highest BCUT2D eigenvalue weighted by molar-refractivity contribution is 6.30. The van der Waals surface area contributed by atoms with E-state index < -0.39 is 0 Å². The number of rotatable bonds is 4. The Morgan fingerprint density at radius 1 is 1.18 bits per heavy atom. The zero-order valence-electron chi connectivity index (χ0n) is 15.7. The topological polar surface area (TPSA) is 74.8 Å². The van der Waals surface area contributed by atoms with E-state index in [0.717, 1.165) is 18.8 Å². The first-order valence-corrected chi connectivity index (χ1v) is 9.64. The normalized spacial score (nSPS) is 14.4. The van der Waals surface area contributed by atoms with Crippen LogP contribution in [0.25, 0.3) is 0 Å². The first-order chi connectivity index (χ1) is 13.6. The molecule has 2 aromatic rings. The number of pyridine rings is 1. The average molecular weight is 403 g/mol. The maximum Gasteiger partial charge on any atom is 0.339 e. The number of hydrogen-bond acceptors (Lipinski definition) is 5. The van der Waals surface area contributed by atoms with Crippen molar-refractivity contribution in [1.29, 1.82) is 0 Å². The first-order valence-electron chi connectivity index (χ1n) is 9.26. The van der Waals surface area contributed by atoms with Crippen molar-refractivity contribution in [1.82, 2.24) is 9.88 Å². The van der Waals surface area contributed by atoms with Gasteiger partial charge in [-0.15, -0.1) is 0 Å². The third-order valence-electron chi connectivity index (χ3n) is 4.44. The lowest BCUT2D eigenvalue weighted by atomic mass is 10.2. The third kappa shape index (κ3) is 5.13. The van der Waals surface area contributed by atoms with Gasteiger partial charge in [-0.2, -0.15) is 0 Å². The van der Waals surface area contributed by atoms with Crippen LogP contribution in [-0.4, -0.2) is 54.7 Å². The molecule has 2 heterocycles. The Hall–Kier alpha value is -2.80. The number of amides is 2. The van der Waals surface area contributed by atoms with Crippen LogP contribution in [0.2, 0.25) is 5.02 Å². The fraction of sp³-hybridized carbons (Fsp3) is 0.350. The minimum absolute atomic E-state index is 0.144. The minimum Gasteiger partial charge on any atom is -0.462 e. The molecule has 1 aromatic heterocycles. The number of esters is 1. The van der Waals surface area contributed by atoms with Crippen molar-refractivity contribution in [3.63, 3.8) is 0 Å². The Labute approximate surface area is 169 Å². The molecular weight excluding hydrogens is 380 g/mol. The van der Waals surface area contributed by atoms with E-state index in [4.69, 9.17) is 16.3 Å². The van der Waals surface area contributed by atoms with Gasteiger partial charge >= 0.3 is 12.0 Å². The van der Waals surface area contributed by atoms with Gasteiger partial charge in [0, 0.05) is 43.1 Å². The maximum absolute atomic E-state index is 12.5. The van der Waals surface area contributed by atoms with E-state index in [9.17, 15) is 9.59 Å². The van der Waals surface area contributed by atoms with Crippen LogP contribution in [0.3, 0.4) is 0 Å². The average Bonchev–Trinajstić information content (AvgIpc) is 2.95. The van der Waals surface area contributed by atoms with Gasteiger partial charge in [0.05, 0.1) is 12.2 Å². The molecule has 1 aliphatic rings. The van der Waals surface area contributed by atoms with Crippen LogP contribution in [-0.2, 0) is 4.74 Å². The molecule has 1 aromatic carbocycles. The summed E-state index contributed by atoms with van der Waals surface area (Å²) in [7, 11) is 0. The molecule has 148 valence electrons. The molecule has 1 fully saturated rings. The number of ether oxygens (including phenoxy) is 1. The highest BCUT2D eigenvalue weighted by Crippen LogP contribution is 2.17. The molecule has 1 N–H and O–H groups in total. The maximum atomic E-state index is 12.5. The number of hydrogen-bond donors (Lipinski definition) is 1. The number of nitrogens with zero attached hydrogens (tertiary/aromatic N) is 3. The summed E-state index contributed by atoms with van der Waals surface area (Å²) in [6.45, 7) is 4.78.